The average molecular weight is 481 g/mol. The number of imidazole rings is 1. The molecule has 1 atom stereocenters. The molecule has 35 heavy (non-hydrogen) atoms. The van der Waals surface area contributed by atoms with E-state index in [1.54, 1.807) is 32.4 Å². The number of nitrogens with zero attached hydrogens (tertiary/aromatic N) is 2. The van der Waals surface area contributed by atoms with Crippen molar-refractivity contribution in [2.45, 2.75) is 65.3 Å². The van der Waals surface area contributed by atoms with E-state index in [9.17, 15) is 14.7 Å². The average Bonchev–Trinajstić information content (AvgIpc) is 3.14. The van der Waals surface area contributed by atoms with E-state index in [0.717, 1.165) is 48.2 Å². The van der Waals surface area contributed by atoms with Crippen LogP contribution in [0.4, 0.5) is 0 Å². The summed E-state index contributed by atoms with van der Waals surface area (Å²) < 4.78 is 14.9. The molecule has 0 fully saturated rings. The second-order valence-electron chi connectivity index (χ2n) is 8.78. The smallest absolute Gasteiger partial charge is 0.336 e. The van der Waals surface area contributed by atoms with E-state index in [1.165, 1.54) is 0 Å². The Balaban J connectivity index is 2.06. The number of carbonyl (C=O) groups is 1. The van der Waals surface area contributed by atoms with Crippen molar-refractivity contribution in [2.75, 3.05) is 14.2 Å². The van der Waals surface area contributed by atoms with E-state index in [2.05, 4.69) is 13.8 Å². The highest BCUT2D eigenvalue weighted by atomic mass is 16.7. The summed E-state index contributed by atoms with van der Waals surface area (Å²) in [7, 11) is 3.18. The largest absolute Gasteiger partial charge is 0.478 e. The van der Waals surface area contributed by atoms with Crippen molar-refractivity contribution in [3.63, 3.8) is 0 Å². The number of ether oxygens (including phenoxy) is 2. The van der Waals surface area contributed by atoms with E-state index >= 15 is 0 Å². The SMILES string of the molecule is CCCCc1c(C(OC)OC)n(C(C)CC)c(=O)n1Cc1ccc(-c2ccccc2C(=O)O)cc1. The molecule has 1 unspecified atom stereocenters. The fourth-order valence-electron chi connectivity index (χ4n) is 4.47. The summed E-state index contributed by atoms with van der Waals surface area (Å²) in [6, 6.07) is 14.7. The quantitative estimate of drug-likeness (QED) is 0.338. The van der Waals surface area contributed by atoms with Gasteiger partial charge in [-0.2, -0.15) is 0 Å². The minimum absolute atomic E-state index is 0.00169. The first-order valence-electron chi connectivity index (χ1n) is 12.2. The summed E-state index contributed by atoms with van der Waals surface area (Å²) in [5.74, 6) is -0.957. The minimum atomic E-state index is -0.957. The molecule has 0 radical (unpaired) electrons. The summed E-state index contributed by atoms with van der Waals surface area (Å²) in [6.07, 6.45) is 2.88. The molecule has 7 nitrogen and oxygen atoms in total. The van der Waals surface area contributed by atoms with Gasteiger partial charge in [-0.05, 0) is 48.9 Å². The van der Waals surface area contributed by atoms with Crippen LogP contribution in [0.3, 0.4) is 0 Å². The van der Waals surface area contributed by atoms with Crippen molar-refractivity contribution >= 4 is 5.97 Å². The van der Waals surface area contributed by atoms with Gasteiger partial charge in [0, 0.05) is 26.0 Å². The Bertz CT molecular complexity index is 1190. The predicted molar refractivity (Wildman–Crippen MR) is 137 cm³/mol. The molecule has 188 valence electrons. The molecule has 0 aliphatic heterocycles. The molecular formula is C28H36N2O5. The van der Waals surface area contributed by atoms with Gasteiger partial charge in [-0.15, -0.1) is 0 Å². The molecule has 0 spiro atoms. The highest BCUT2D eigenvalue weighted by molar-refractivity contribution is 5.95. The van der Waals surface area contributed by atoms with Crippen molar-refractivity contribution < 1.29 is 19.4 Å². The second-order valence-corrected chi connectivity index (χ2v) is 8.78. The maximum absolute atomic E-state index is 13.7. The van der Waals surface area contributed by atoms with E-state index in [-0.39, 0.29) is 17.3 Å². The maximum Gasteiger partial charge on any atom is 0.336 e. The van der Waals surface area contributed by atoms with Crippen molar-refractivity contribution in [3.8, 4) is 11.1 Å². The van der Waals surface area contributed by atoms with Gasteiger partial charge >= 0.3 is 11.7 Å². The third-order valence-electron chi connectivity index (χ3n) is 6.53. The monoisotopic (exact) mass is 480 g/mol. The zero-order valence-electron chi connectivity index (χ0n) is 21.3. The first-order chi connectivity index (χ1) is 16.9. The van der Waals surface area contributed by atoms with Crippen LogP contribution in [0.1, 0.15) is 79.7 Å². The van der Waals surface area contributed by atoms with Gasteiger partial charge in [0.2, 0.25) is 0 Å². The molecule has 7 heteroatoms. The van der Waals surface area contributed by atoms with Gasteiger partial charge in [-0.1, -0.05) is 62.7 Å². The summed E-state index contributed by atoms with van der Waals surface area (Å²) in [4.78, 5) is 25.3. The van der Waals surface area contributed by atoms with Crippen LogP contribution < -0.4 is 5.69 Å². The van der Waals surface area contributed by atoms with Crippen molar-refractivity contribution in [1.82, 2.24) is 9.13 Å². The maximum atomic E-state index is 13.7. The van der Waals surface area contributed by atoms with Gasteiger partial charge in [0.25, 0.3) is 0 Å². The zero-order valence-corrected chi connectivity index (χ0v) is 21.3. The van der Waals surface area contributed by atoms with Gasteiger partial charge in [0.15, 0.2) is 6.29 Å². The van der Waals surface area contributed by atoms with Crippen molar-refractivity contribution in [2.24, 2.45) is 0 Å². The lowest BCUT2D eigenvalue weighted by Gasteiger charge is -2.20. The summed E-state index contributed by atoms with van der Waals surface area (Å²) in [6.45, 7) is 6.64. The first-order valence-corrected chi connectivity index (χ1v) is 12.2. The van der Waals surface area contributed by atoms with Crippen LogP contribution in [0.2, 0.25) is 0 Å². The zero-order chi connectivity index (χ0) is 25.5. The highest BCUT2D eigenvalue weighted by Gasteiger charge is 2.28. The fraction of sp³-hybridized carbons (Fsp3) is 0.429. The molecule has 1 aromatic heterocycles. The Labute approximate surface area is 206 Å². The first kappa shape index (κ1) is 26.4. The predicted octanol–water partition coefficient (Wildman–Crippen LogP) is 5.67. The number of hydrogen-bond donors (Lipinski definition) is 1. The van der Waals surface area contributed by atoms with E-state index in [1.807, 2.05) is 46.4 Å². The molecule has 0 aliphatic rings. The van der Waals surface area contributed by atoms with E-state index in [0.29, 0.717) is 12.1 Å². The lowest BCUT2D eigenvalue weighted by molar-refractivity contribution is -0.111. The molecule has 1 heterocycles. The minimum Gasteiger partial charge on any atom is -0.478 e. The number of aromatic carboxylic acids is 1. The molecule has 3 rings (SSSR count). The number of unbranched alkanes of at least 4 members (excludes halogenated alkanes) is 1. The Morgan fingerprint density at radius 3 is 2.26 bits per heavy atom. The van der Waals surface area contributed by atoms with Crippen LogP contribution >= 0.6 is 0 Å². The Morgan fingerprint density at radius 1 is 1.03 bits per heavy atom. The number of methoxy groups -OCH3 is 2. The Kier molecular flexibility index (Phi) is 9.07. The summed E-state index contributed by atoms with van der Waals surface area (Å²) >= 11 is 0. The number of carboxylic acids is 1. The number of carboxylic acid groups (broad SMARTS) is 1. The number of rotatable bonds is 12. The summed E-state index contributed by atoms with van der Waals surface area (Å²) in [5.41, 5.74) is 4.36. The van der Waals surface area contributed by atoms with Crippen LogP contribution in [0.15, 0.2) is 53.3 Å². The van der Waals surface area contributed by atoms with E-state index in [4.69, 9.17) is 9.47 Å². The van der Waals surface area contributed by atoms with Crippen LogP contribution in [-0.4, -0.2) is 34.4 Å². The van der Waals surface area contributed by atoms with E-state index < -0.39 is 12.3 Å². The third kappa shape index (κ3) is 5.57. The fourth-order valence-corrected chi connectivity index (χ4v) is 4.47. The van der Waals surface area contributed by atoms with Crippen LogP contribution in [0, 0.1) is 0 Å². The van der Waals surface area contributed by atoms with Gasteiger partial charge in [0.1, 0.15) is 0 Å². The lowest BCUT2D eigenvalue weighted by Crippen LogP contribution is -2.28. The molecule has 0 saturated carbocycles. The summed E-state index contributed by atoms with van der Waals surface area (Å²) in [5, 5.41) is 9.53. The van der Waals surface area contributed by atoms with Crippen LogP contribution in [-0.2, 0) is 22.4 Å². The molecule has 0 amide bonds. The number of hydrogen-bond acceptors (Lipinski definition) is 4. The topological polar surface area (TPSA) is 82.7 Å². The molecule has 0 saturated heterocycles. The highest BCUT2D eigenvalue weighted by Crippen LogP contribution is 2.28. The van der Waals surface area contributed by atoms with Gasteiger partial charge in [0.05, 0.1) is 17.8 Å². The normalized spacial score (nSPS) is 12.3. The van der Waals surface area contributed by atoms with Crippen molar-refractivity contribution in [1.29, 1.82) is 0 Å². The lowest BCUT2D eigenvalue weighted by atomic mass is 9.98. The standard InChI is InChI=1S/C28H36N2O5/c1-6-8-13-24-25(27(34-4)35-5)30(19(3)7-2)28(33)29(24)18-20-14-16-21(17-15-20)22-11-9-10-12-23(22)26(31)32/h9-12,14-17,19,27H,6-8,13,18H2,1-5H3,(H,31,32). The van der Waals surface area contributed by atoms with Crippen molar-refractivity contribution in [3.05, 3.63) is 81.5 Å². The van der Waals surface area contributed by atoms with Crippen LogP contribution in [0.25, 0.3) is 11.1 Å². The molecule has 1 N–H and O–H groups in total. The Morgan fingerprint density at radius 2 is 1.69 bits per heavy atom. The second kappa shape index (κ2) is 12.0. The molecule has 0 aliphatic carbocycles. The molecule has 3 aromatic rings. The van der Waals surface area contributed by atoms with Gasteiger partial charge in [-0.3, -0.25) is 9.13 Å². The van der Waals surface area contributed by atoms with Crippen LogP contribution in [0.5, 0.6) is 0 Å². The molecular weight excluding hydrogens is 444 g/mol. The Hall–Kier alpha value is -3.16. The third-order valence-corrected chi connectivity index (χ3v) is 6.53. The number of aromatic nitrogens is 2. The van der Waals surface area contributed by atoms with Gasteiger partial charge in [-0.25, -0.2) is 9.59 Å². The number of benzene rings is 2. The van der Waals surface area contributed by atoms with Gasteiger partial charge < -0.3 is 14.6 Å². The molecule has 2 aromatic carbocycles. The molecule has 0 bridgehead atoms.